The molecule has 2 N–H and O–H groups in total. The molecular formula is C7H7N3O4. The van der Waals surface area contributed by atoms with Crippen molar-refractivity contribution in [2.24, 2.45) is 0 Å². The lowest BCUT2D eigenvalue weighted by Gasteiger charge is -1.99. The molecule has 1 aromatic rings. The van der Waals surface area contributed by atoms with Gasteiger partial charge < -0.3 is 4.74 Å². The van der Waals surface area contributed by atoms with Gasteiger partial charge in [0.2, 0.25) is 0 Å². The van der Waals surface area contributed by atoms with Gasteiger partial charge in [0.05, 0.1) is 0 Å². The smallest absolute Gasteiger partial charge is 0.353 e. The van der Waals surface area contributed by atoms with E-state index in [0.29, 0.717) is 0 Å². The Morgan fingerprint density at radius 1 is 1.43 bits per heavy atom. The number of hydrogen-bond donors (Lipinski definition) is 2. The quantitative estimate of drug-likeness (QED) is 0.464. The lowest BCUT2D eigenvalue weighted by molar-refractivity contribution is -0.130. The van der Waals surface area contributed by atoms with Gasteiger partial charge in [-0.15, -0.1) is 4.98 Å². The molecule has 0 atom stereocenters. The first-order valence-electron chi connectivity index (χ1n) is 3.57. The third-order valence-electron chi connectivity index (χ3n) is 1.18. The van der Waals surface area contributed by atoms with E-state index < -0.39 is 23.4 Å². The van der Waals surface area contributed by atoms with Crippen LogP contribution in [-0.4, -0.2) is 20.9 Å². The van der Waals surface area contributed by atoms with E-state index in [9.17, 15) is 14.4 Å². The van der Waals surface area contributed by atoms with Crippen LogP contribution in [0.1, 0.15) is 6.92 Å². The minimum Gasteiger partial charge on any atom is -0.389 e. The monoisotopic (exact) mass is 197 g/mol. The fraction of sp³-hybridized carbons (Fsp3) is 0.143. The fourth-order valence-electron chi connectivity index (χ4n) is 0.597. The Balaban J connectivity index is 2.98. The van der Waals surface area contributed by atoms with E-state index in [-0.39, 0.29) is 5.57 Å². The van der Waals surface area contributed by atoms with Gasteiger partial charge in [0.25, 0.3) is 0 Å². The molecule has 14 heavy (non-hydrogen) atoms. The Labute approximate surface area is 77.5 Å². The highest BCUT2D eigenvalue weighted by molar-refractivity contribution is 5.88. The van der Waals surface area contributed by atoms with Crippen molar-refractivity contribution in [1.29, 1.82) is 0 Å². The van der Waals surface area contributed by atoms with Crippen molar-refractivity contribution in [3.05, 3.63) is 33.1 Å². The molecule has 74 valence electrons. The SMILES string of the molecule is C=C(C)C(=O)Oc1nc(=O)[nH]c(=O)[nH]1. The zero-order chi connectivity index (χ0) is 10.7. The van der Waals surface area contributed by atoms with Crippen LogP contribution >= 0.6 is 0 Å². The molecule has 7 heteroatoms. The first-order chi connectivity index (χ1) is 6.49. The minimum atomic E-state index is -0.890. The third kappa shape index (κ3) is 2.41. The summed E-state index contributed by atoms with van der Waals surface area (Å²) in [5.74, 6) is -0.765. The molecule has 0 saturated heterocycles. The Kier molecular flexibility index (Phi) is 2.61. The fourth-order valence-corrected chi connectivity index (χ4v) is 0.597. The van der Waals surface area contributed by atoms with Gasteiger partial charge in [-0.05, 0) is 6.92 Å². The van der Waals surface area contributed by atoms with Crippen LogP contribution in [0, 0.1) is 0 Å². The number of nitrogens with zero attached hydrogens (tertiary/aromatic N) is 1. The highest BCUT2D eigenvalue weighted by atomic mass is 16.5. The van der Waals surface area contributed by atoms with Gasteiger partial charge in [-0.1, -0.05) is 6.58 Å². The summed E-state index contributed by atoms with van der Waals surface area (Å²) >= 11 is 0. The standard InChI is InChI=1S/C7H7N3O4/c1-3(2)4(11)14-7-9-5(12)8-6(13)10-7/h1H2,2H3,(H2,8,9,10,12,13). The van der Waals surface area contributed by atoms with E-state index in [1.54, 1.807) is 0 Å². The molecule has 0 fully saturated rings. The number of rotatable bonds is 2. The zero-order valence-corrected chi connectivity index (χ0v) is 7.29. The van der Waals surface area contributed by atoms with Crippen molar-refractivity contribution < 1.29 is 9.53 Å². The van der Waals surface area contributed by atoms with Crippen molar-refractivity contribution in [2.75, 3.05) is 0 Å². The maximum Gasteiger partial charge on any atom is 0.353 e. The topological polar surface area (TPSA) is 105 Å². The number of esters is 1. The van der Waals surface area contributed by atoms with Crippen LogP contribution in [0.3, 0.4) is 0 Å². The van der Waals surface area contributed by atoms with Gasteiger partial charge in [0.1, 0.15) is 0 Å². The number of carbonyl (C=O) groups excluding carboxylic acids is 1. The average Bonchev–Trinajstić information content (AvgIpc) is 2.01. The van der Waals surface area contributed by atoms with Crippen molar-refractivity contribution in [2.45, 2.75) is 6.92 Å². The first kappa shape index (κ1) is 9.90. The summed E-state index contributed by atoms with van der Waals surface area (Å²) in [4.78, 5) is 39.4. The van der Waals surface area contributed by atoms with E-state index in [1.807, 2.05) is 9.97 Å². The number of nitrogens with one attached hydrogen (secondary N) is 2. The van der Waals surface area contributed by atoms with Crippen LogP contribution in [-0.2, 0) is 4.79 Å². The summed E-state index contributed by atoms with van der Waals surface area (Å²) in [6.45, 7) is 4.74. The van der Waals surface area contributed by atoms with E-state index in [1.165, 1.54) is 6.92 Å². The molecule has 1 aromatic heterocycles. The van der Waals surface area contributed by atoms with E-state index in [0.717, 1.165) is 0 Å². The van der Waals surface area contributed by atoms with Crippen molar-refractivity contribution in [3.63, 3.8) is 0 Å². The molecule has 0 saturated carbocycles. The lowest BCUT2D eigenvalue weighted by atomic mass is 10.4. The van der Waals surface area contributed by atoms with Gasteiger partial charge in [-0.2, -0.15) is 0 Å². The summed E-state index contributed by atoms with van der Waals surface area (Å²) in [6, 6.07) is -0.452. The van der Waals surface area contributed by atoms with E-state index in [4.69, 9.17) is 0 Å². The van der Waals surface area contributed by atoms with E-state index in [2.05, 4.69) is 16.3 Å². The Morgan fingerprint density at radius 2 is 2.07 bits per heavy atom. The van der Waals surface area contributed by atoms with Gasteiger partial charge >= 0.3 is 23.4 Å². The Morgan fingerprint density at radius 3 is 2.57 bits per heavy atom. The summed E-state index contributed by atoms with van der Waals surface area (Å²) in [6.07, 6.45) is 0. The largest absolute Gasteiger partial charge is 0.389 e. The Bertz CT molecular complexity index is 456. The van der Waals surface area contributed by atoms with Crippen LogP contribution in [0.15, 0.2) is 21.7 Å². The normalized spacial score (nSPS) is 9.50. The van der Waals surface area contributed by atoms with E-state index >= 15 is 0 Å². The maximum absolute atomic E-state index is 10.9. The number of H-pyrrole nitrogens is 2. The second-order valence-electron chi connectivity index (χ2n) is 2.47. The highest BCUT2D eigenvalue weighted by Gasteiger charge is 2.07. The minimum absolute atomic E-state index is 0.132. The van der Waals surface area contributed by atoms with Crippen molar-refractivity contribution in [1.82, 2.24) is 15.0 Å². The molecule has 0 aliphatic heterocycles. The molecule has 1 heterocycles. The van der Waals surface area contributed by atoms with Crippen LogP contribution in [0.4, 0.5) is 0 Å². The van der Waals surface area contributed by atoms with Crippen LogP contribution in [0.25, 0.3) is 0 Å². The molecule has 0 unspecified atom stereocenters. The molecule has 0 amide bonds. The predicted octanol–water partition coefficient (Wildman–Crippen LogP) is -1.06. The van der Waals surface area contributed by atoms with Gasteiger partial charge in [-0.25, -0.2) is 14.4 Å². The zero-order valence-electron chi connectivity index (χ0n) is 7.29. The molecule has 0 bridgehead atoms. The lowest BCUT2D eigenvalue weighted by Crippen LogP contribution is -2.26. The molecular weight excluding hydrogens is 190 g/mol. The summed E-state index contributed by atoms with van der Waals surface area (Å²) in [5, 5.41) is 0. The molecule has 0 spiro atoms. The van der Waals surface area contributed by atoms with Gasteiger partial charge in [0, 0.05) is 5.57 Å². The summed E-state index contributed by atoms with van der Waals surface area (Å²) in [5.41, 5.74) is -1.55. The molecule has 7 nitrogen and oxygen atoms in total. The number of carbonyl (C=O) groups is 1. The number of aromatic amines is 2. The van der Waals surface area contributed by atoms with Gasteiger partial charge in [-0.3, -0.25) is 9.97 Å². The predicted molar refractivity (Wildman–Crippen MR) is 45.9 cm³/mol. The van der Waals surface area contributed by atoms with Crippen LogP contribution in [0.5, 0.6) is 6.01 Å². The maximum atomic E-state index is 10.9. The number of hydrogen-bond acceptors (Lipinski definition) is 5. The summed E-state index contributed by atoms with van der Waals surface area (Å²) in [7, 11) is 0. The van der Waals surface area contributed by atoms with Crippen molar-refractivity contribution in [3.8, 4) is 6.01 Å². The highest BCUT2D eigenvalue weighted by Crippen LogP contribution is 1.97. The molecule has 0 aliphatic rings. The molecule has 0 aliphatic carbocycles. The van der Waals surface area contributed by atoms with Crippen molar-refractivity contribution >= 4 is 5.97 Å². The molecule has 1 rings (SSSR count). The molecule has 0 aromatic carbocycles. The third-order valence-corrected chi connectivity index (χ3v) is 1.18. The summed E-state index contributed by atoms with van der Waals surface area (Å²) < 4.78 is 4.51. The number of aromatic nitrogens is 3. The van der Waals surface area contributed by atoms with Crippen LogP contribution < -0.4 is 16.1 Å². The Hall–Kier alpha value is -2.18. The average molecular weight is 197 g/mol. The first-order valence-corrected chi connectivity index (χ1v) is 3.57. The number of ether oxygens (including phenoxy) is 1. The van der Waals surface area contributed by atoms with Crippen LogP contribution in [0.2, 0.25) is 0 Å². The van der Waals surface area contributed by atoms with Gasteiger partial charge in [0.15, 0.2) is 0 Å². The second kappa shape index (κ2) is 3.69. The molecule has 0 radical (unpaired) electrons. The second-order valence-corrected chi connectivity index (χ2v) is 2.47.